The normalized spacial score (nSPS) is 10.5. The fourth-order valence-electron chi connectivity index (χ4n) is 2.64. The van der Waals surface area contributed by atoms with Gasteiger partial charge in [-0.1, -0.05) is 42.5 Å². The van der Waals surface area contributed by atoms with Crippen molar-refractivity contribution in [3.63, 3.8) is 0 Å². The van der Waals surface area contributed by atoms with E-state index in [1.807, 2.05) is 42.5 Å². The number of imidazole rings is 1. The first-order chi connectivity index (χ1) is 12.6. The van der Waals surface area contributed by atoms with E-state index in [-0.39, 0.29) is 18.1 Å². The summed E-state index contributed by atoms with van der Waals surface area (Å²) in [6, 6.07) is 17.0. The van der Waals surface area contributed by atoms with E-state index in [9.17, 15) is 10.0 Å². The second kappa shape index (κ2) is 7.74. The van der Waals surface area contributed by atoms with Gasteiger partial charge >= 0.3 is 5.97 Å². The number of carbonyl (C=O) groups is 1. The molecule has 2 aromatic carbocycles. The summed E-state index contributed by atoms with van der Waals surface area (Å²) in [5.41, 5.74) is 2.01. The van der Waals surface area contributed by atoms with Gasteiger partial charge in [0.1, 0.15) is 12.4 Å². The van der Waals surface area contributed by atoms with Gasteiger partial charge in [0, 0.05) is 0 Å². The highest BCUT2D eigenvalue weighted by atomic mass is 16.5. The monoisotopic (exact) mass is 352 g/mol. The second-order valence-corrected chi connectivity index (χ2v) is 5.67. The molecule has 3 rings (SSSR count). The van der Waals surface area contributed by atoms with Crippen molar-refractivity contribution >= 4 is 5.97 Å². The van der Waals surface area contributed by atoms with Crippen LogP contribution in [0.15, 0.2) is 54.6 Å². The SMILES string of the molecule is CCOC(=O)c1c(C)nc(-c2ccccc2OCc2ccccc2)n1O. The van der Waals surface area contributed by atoms with E-state index in [2.05, 4.69) is 4.98 Å². The minimum Gasteiger partial charge on any atom is -0.488 e. The molecule has 0 aliphatic heterocycles. The van der Waals surface area contributed by atoms with E-state index in [1.54, 1.807) is 26.0 Å². The molecule has 0 radical (unpaired) electrons. The van der Waals surface area contributed by atoms with Gasteiger partial charge in [0.2, 0.25) is 0 Å². The van der Waals surface area contributed by atoms with Crippen molar-refractivity contribution in [1.29, 1.82) is 0 Å². The number of benzene rings is 2. The number of carbonyl (C=O) groups excluding carboxylic acids is 1. The molecule has 1 N–H and O–H groups in total. The maximum absolute atomic E-state index is 12.1. The number of aromatic nitrogens is 2. The summed E-state index contributed by atoms with van der Waals surface area (Å²) in [5.74, 6) is 0.176. The van der Waals surface area contributed by atoms with Gasteiger partial charge in [-0.05, 0) is 31.5 Å². The minimum absolute atomic E-state index is 0.0136. The first-order valence-corrected chi connectivity index (χ1v) is 8.33. The number of rotatable bonds is 6. The zero-order valence-electron chi connectivity index (χ0n) is 14.7. The van der Waals surface area contributed by atoms with Gasteiger partial charge < -0.3 is 14.7 Å². The van der Waals surface area contributed by atoms with Crippen LogP contribution >= 0.6 is 0 Å². The zero-order valence-corrected chi connectivity index (χ0v) is 14.7. The smallest absolute Gasteiger partial charge is 0.360 e. The molecule has 0 aliphatic rings. The quantitative estimate of drug-likeness (QED) is 0.539. The molecule has 0 bridgehead atoms. The summed E-state index contributed by atoms with van der Waals surface area (Å²) in [5, 5.41) is 10.5. The Kier molecular flexibility index (Phi) is 5.22. The van der Waals surface area contributed by atoms with E-state index in [4.69, 9.17) is 9.47 Å². The molecule has 1 aromatic heterocycles. The van der Waals surface area contributed by atoms with Crippen molar-refractivity contribution in [2.24, 2.45) is 0 Å². The third-order valence-corrected chi connectivity index (χ3v) is 3.86. The number of ether oxygens (including phenoxy) is 2. The summed E-state index contributed by atoms with van der Waals surface area (Å²) < 4.78 is 11.7. The Labute approximate surface area is 151 Å². The molecule has 0 fully saturated rings. The highest BCUT2D eigenvalue weighted by molar-refractivity contribution is 5.90. The fraction of sp³-hybridized carbons (Fsp3) is 0.200. The van der Waals surface area contributed by atoms with E-state index >= 15 is 0 Å². The summed E-state index contributed by atoms with van der Waals surface area (Å²) in [6.45, 7) is 3.96. The molecule has 0 saturated heterocycles. The molecule has 1 heterocycles. The van der Waals surface area contributed by atoms with E-state index in [1.165, 1.54) is 0 Å². The summed E-state index contributed by atoms with van der Waals surface area (Å²) in [6.07, 6.45) is 0. The Morgan fingerprint density at radius 1 is 1.12 bits per heavy atom. The Bertz CT molecular complexity index is 903. The lowest BCUT2D eigenvalue weighted by atomic mass is 10.2. The van der Waals surface area contributed by atoms with Crippen molar-refractivity contribution in [2.75, 3.05) is 6.61 Å². The average molecular weight is 352 g/mol. The number of esters is 1. The van der Waals surface area contributed by atoms with Gasteiger partial charge in [-0.15, -0.1) is 0 Å². The molecule has 0 unspecified atom stereocenters. The average Bonchev–Trinajstić information content (AvgIpc) is 2.95. The van der Waals surface area contributed by atoms with Crippen LogP contribution < -0.4 is 4.74 Å². The highest BCUT2D eigenvalue weighted by Crippen LogP contribution is 2.31. The maximum Gasteiger partial charge on any atom is 0.360 e. The predicted molar refractivity (Wildman–Crippen MR) is 96.3 cm³/mol. The number of para-hydroxylation sites is 1. The van der Waals surface area contributed by atoms with Gasteiger partial charge in [0.15, 0.2) is 11.5 Å². The molecular weight excluding hydrogens is 332 g/mol. The zero-order chi connectivity index (χ0) is 18.5. The van der Waals surface area contributed by atoms with Gasteiger partial charge in [-0.3, -0.25) is 0 Å². The van der Waals surface area contributed by atoms with Crippen LogP contribution in [0, 0.1) is 6.92 Å². The molecule has 26 heavy (non-hydrogen) atoms. The van der Waals surface area contributed by atoms with Crippen LogP contribution in [-0.2, 0) is 11.3 Å². The van der Waals surface area contributed by atoms with Gasteiger partial charge in [0.05, 0.1) is 17.9 Å². The number of hydrogen-bond donors (Lipinski definition) is 1. The van der Waals surface area contributed by atoms with E-state index < -0.39 is 5.97 Å². The van der Waals surface area contributed by atoms with E-state index in [0.717, 1.165) is 10.3 Å². The van der Waals surface area contributed by atoms with Crippen molar-refractivity contribution < 1.29 is 19.5 Å². The molecule has 0 atom stereocenters. The van der Waals surface area contributed by atoms with Gasteiger partial charge in [-0.25, -0.2) is 9.78 Å². The highest BCUT2D eigenvalue weighted by Gasteiger charge is 2.24. The van der Waals surface area contributed by atoms with Gasteiger partial charge in [-0.2, -0.15) is 4.73 Å². The fourth-order valence-corrected chi connectivity index (χ4v) is 2.64. The molecule has 0 aliphatic carbocycles. The second-order valence-electron chi connectivity index (χ2n) is 5.67. The first kappa shape index (κ1) is 17.5. The minimum atomic E-state index is -0.617. The lowest BCUT2D eigenvalue weighted by molar-refractivity contribution is 0.0476. The lowest BCUT2D eigenvalue weighted by Gasteiger charge is -2.11. The number of aryl methyl sites for hydroxylation is 1. The molecular formula is C20H20N2O4. The van der Waals surface area contributed by atoms with Gasteiger partial charge in [0.25, 0.3) is 0 Å². The Morgan fingerprint density at radius 3 is 2.54 bits per heavy atom. The summed E-state index contributed by atoms with van der Waals surface area (Å²) in [7, 11) is 0. The molecule has 0 spiro atoms. The molecule has 0 saturated carbocycles. The van der Waals surface area contributed by atoms with Crippen LogP contribution in [0.5, 0.6) is 5.75 Å². The maximum atomic E-state index is 12.1. The van der Waals surface area contributed by atoms with Crippen LogP contribution in [-0.4, -0.2) is 27.5 Å². The number of hydrogen-bond acceptors (Lipinski definition) is 5. The third kappa shape index (κ3) is 3.54. The first-order valence-electron chi connectivity index (χ1n) is 8.33. The molecule has 6 nitrogen and oxygen atoms in total. The van der Waals surface area contributed by atoms with Crippen LogP contribution in [0.2, 0.25) is 0 Å². The Balaban J connectivity index is 1.93. The van der Waals surface area contributed by atoms with Crippen molar-refractivity contribution in [2.45, 2.75) is 20.5 Å². The molecule has 0 amide bonds. The number of nitrogens with zero attached hydrogens (tertiary/aromatic N) is 2. The third-order valence-electron chi connectivity index (χ3n) is 3.86. The van der Waals surface area contributed by atoms with E-state index in [0.29, 0.717) is 23.6 Å². The van der Waals surface area contributed by atoms with Crippen molar-refractivity contribution in [3.8, 4) is 17.1 Å². The van der Waals surface area contributed by atoms with Crippen LogP contribution in [0.25, 0.3) is 11.4 Å². The molecule has 134 valence electrons. The van der Waals surface area contributed by atoms with Crippen LogP contribution in [0.4, 0.5) is 0 Å². The predicted octanol–water partition coefficient (Wildman–Crippen LogP) is 3.85. The molecule has 3 aromatic rings. The van der Waals surface area contributed by atoms with Crippen molar-refractivity contribution in [3.05, 3.63) is 71.5 Å². The summed E-state index contributed by atoms with van der Waals surface area (Å²) >= 11 is 0. The summed E-state index contributed by atoms with van der Waals surface area (Å²) in [4.78, 5) is 16.4. The molecule has 6 heteroatoms. The van der Waals surface area contributed by atoms with Crippen molar-refractivity contribution in [1.82, 2.24) is 9.71 Å². The van der Waals surface area contributed by atoms with Crippen LogP contribution in [0.3, 0.4) is 0 Å². The largest absolute Gasteiger partial charge is 0.488 e. The Hall–Kier alpha value is -3.28. The van der Waals surface area contributed by atoms with Crippen LogP contribution in [0.1, 0.15) is 28.7 Å². The lowest BCUT2D eigenvalue weighted by Crippen LogP contribution is -2.12. The Morgan fingerprint density at radius 2 is 1.81 bits per heavy atom. The topological polar surface area (TPSA) is 73.6 Å². The standard InChI is InChI=1S/C20H20N2O4/c1-3-25-20(23)18-14(2)21-19(22(18)24)16-11-7-8-12-17(16)26-13-15-9-5-4-6-10-15/h4-12,24H,3,13H2,1-2H3.